The smallest absolute Gasteiger partial charge is 0.0605 e. The molecule has 12 heavy (non-hydrogen) atoms. The van der Waals surface area contributed by atoms with Crippen LogP contribution in [0, 0.1) is 0 Å². The van der Waals surface area contributed by atoms with E-state index in [1.54, 1.807) is 12.1 Å². The van der Waals surface area contributed by atoms with E-state index < -0.39 is 5.97 Å². The quantitative estimate of drug-likeness (QED) is 0.826. The second-order valence-electron chi connectivity index (χ2n) is 2.24. The number of nitrogens with one attached hydrogen (secondary N) is 1. The van der Waals surface area contributed by atoms with Gasteiger partial charge in [-0.25, -0.2) is 0 Å². The molecule has 0 aliphatic rings. The first kappa shape index (κ1) is 9.06. The Morgan fingerprint density at radius 2 is 2.33 bits per heavy atom. The lowest BCUT2D eigenvalue weighted by atomic mass is 10.3. The molecular formula is C8H7BrNO2-. The number of carbonyl (C=O) groups is 1. The SMILES string of the molecule is O=C([O-])CNc1cccc(Br)c1. The summed E-state index contributed by atoms with van der Waals surface area (Å²) in [5.41, 5.74) is 0.758. The molecule has 3 nitrogen and oxygen atoms in total. The van der Waals surface area contributed by atoms with Gasteiger partial charge >= 0.3 is 0 Å². The van der Waals surface area contributed by atoms with Crippen molar-refractivity contribution in [2.24, 2.45) is 0 Å². The predicted molar refractivity (Wildman–Crippen MR) is 47.6 cm³/mol. The maximum Gasteiger partial charge on any atom is 0.0605 e. The Hall–Kier alpha value is -1.03. The van der Waals surface area contributed by atoms with Gasteiger partial charge in [-0.2, -0.15) is 0 Å². The van der Waals surface area contributed by atoms with Gasteiger partial charge in [0.15, 0.2) is 0 Å². The maximum absolute atomic E-state index is 10.1. The molecule has 0 atom stereocenters. The molecule has 0 radical (unpaired) electrons. The van der Waals surface area contributed by atoms with Gasteiger partial charge in [0, 0.05) is 10.2 Å². The van der Waals surface area contributed by atoms with Crippen molar-refractivity contribution in [2.75, 3.05) is 11.9 Å². The highest BCUT2D eigenvalue weighted by Crippen LogP contribution is 2.14. The van der Waals surface area contributed by atoms with Crippen molar-refractivity contribution in [1.82, 2.24) is 0 Å². The van der Waals surface area contributed by atoms with E-state index >= 15 is 0 Å². The first-order valence-electron chi connectivity index (χ1n) is 3.38. The van der Waals surface area contributed by atoms with E-state index in [1.807, 2.05) is 12.1 Å². The predicted octanol–water partition coefficient (Wildman–Crippen LogP) is 0.611. The van der Waals surface area contributed by atoms with Crippen LogP contribution in [0.1, 0.15) is 0 Å². The molecule has 0 bridgehead atoms. The molecule has 0 fully saturated rings. The summed E-state index contributed by atoms with van der Waals surface area (Å²) in [5, 5.41) is 12.8. The fraction of sp³-hybridized carbons (Fsp3) is 0.125. The van der Waals surface area contributed by atoms with Gasteiger partial charge in [-0.3, -0.25) is 0 Å². The van der Waals surface area contributed by atoms with E-state index in [-0.39, 0.29) is 6.54 Å². The summed E-state index contributed by atoms with van der Waals surface area (Å²) in [7, 11) is 0. The largest absolute Gasteiger partial charge is 0.548 e. The molecule has 0 aliphatic heterocycles. The minimum absolute atomic E-state index is 0.170. The van der Waals surface area contributed by atoms with Crippen LogP contribution in [0.25, 0.3) is 0 Å². The van der Waals surface area contributed by atoms with E-state index in [4.69, 9.17) is 0 Å². The summed E-state index contributed by atoms with van der Waals surface area (Å²) in [4.78, 5) is 10.1. The molecule has 0 amide bonds. The molecule has 0 unspecified atom stereocenters. The van der Waals surface area contributed by atoms with Gasteiger partial charge in [-0.1, -0.05) is 22.0 Å². The highest BCUT2D eigenvalue weighted by atomic mass is 79.9. The molecule has 0 aromatic heterocycles. The molecule has 0 spiro atoms. The Labute approximate surface area is 78.5 Å². The lowest BCUT2D eigenvalue weighted by Gasteiger charge is -2.06. The zero-order chi connectivity index (χ0) is 8.97. The summed E-state index contributed by atoms with van der Waals surface area (Å²) in [6.45, 7) is -0.170. The second kappa shape index (κ2) is 4.11. The van der Waals surface area contributed by atoms with Crippen LogP contribution in [0.2, 0.25) is 0 Å². The van der Waals surface area contributed by atoms with Crippen molar-refractivity contribution in [3.8, 4) is 0 Å². The minimum Gasteiger partial charge on any atom is -0.548 e. The number of hydrogen-bond donors (Lipinski definition) is 1. The summed E-state index contributed by atoms with van der Waals surface area (Å²) in [5.74, 6) is -1.12. The zero-order valence-electron chi connectivity index (χ0n) is 6.21. The summed E-state index contributed by atoms with van der Waals surface area (Å²) >= 11 is 3.27. The first-order chi connectivity index (χ1) is 5.68. The Morgan fingerprint density at radius 1 is 1.58 bits per heavy atom. The van der Waals surface area contributed by atoms with Crippen LogP contribution < -0.4 is 10.4 Å². The molecule has 4 heteroatoms. The normalized spacial score (nSPS) is 9.42. The third-order valence-corrected chi connectivity index (χ3v) is 1.75. The second-order valence-corrected chi connectivity index (χ2v) is 3.15. The van der Waals surface area contributed by atoms with Crippen LogP contribution in [-0.2, 0) is 4.79 Å². The topological polar surface area (TPSA) is 52.2 Å². The van der Waals surface area contributed by atoms with Crippen LogP contribution in [0.15, 0.2) is 28.7 Å². The number of benzene rings is 1. The Morgan fingerprint density at radius 3 is 2.92 bits per heavy atom. The van der Waals surface area contributed by atoms with Crippen LogP contribution >= 0.6 is 15.9 Å². The number of rotatable bonds is 3. The van der Waals surface area contributed by atoms with Crippen molar-refractivity contribution in [3.63, 3.8) is 0 Å². The number of halogens is 1. The Balaban J connectivity index is 2.57. The Kier molecular flexibility index (Phi) is 3.10. The number of aliphatic carboxylic acids is 1. The number of carboxylic acids is 1. The first-order valence-corrected chi connectivity index (χ1v) is 4.17. The maximum atomic E-state index is 10.1. The fourth-order valence-electron chi connectivity index (χ4n) is 0.773. The van der Waals surface area contributed by atoms with Crippen molar-refractivity contribution < 1.29 is 9.90 Å². The van der Waals surface area contributed by atoms with Crippen LogP contribution in [0.3, 0.4) is 0 Å². The van der Waals surface area contributed by atoms with Gasteiger partial charge < -0.3 is 15.2 Å². The molecule has 0 heterocycles. The van der Waals surface area contributed by atoms with E-state index in [0.29, 0.717) is 0 Å². The van der Waals surface area contributed by atoms with Gasteiger partial charge in [0.25, 0.3) is 0 Å². The summed E-state index contributed by atoms with van der Waals surface area (Å²) in [6.07, 6.45) is 0. The molecule has 0 aliphatic carbocycles. The molecule has 1 N–H and O–H groups in total. The van der Waals surface area contributed by atoms with Crippen LogP contribution in [0.4, 0.5) is 5.69 Å². The van der Waals surface area contributed by atoms with Crippen molar-refractivity contribution in [2.45, 2.75) is 0 Å². The zero-order valence-corrected chi connectivity index (χ0v) is 7.80. The molecule has 64 valence electrons. The Bertz CT molecular complexity index is 288. The van der Waals surface area contributed by atoms with Gasteiger partial charge in [0.2, 0.25) is 0 Å². The van der Waals surface area contributed by atoms with Gasteiger partial charge in [-0.05, 0) is 18.2 Å². The summed E-state index contributed by atoms with van der Waals surface area (Å²) in [6, 6.07) is 7.27. The highest BCUT2D eigenvalue weighted by molar-refractivity contribution is 9.10. The highest BCUT2D eigenvalue weighted by Gasteiger charge is 1.91. The molecule has 0 saturated heterocycles. The number of carbonyl (C=O) groups excluding carboxylic acids is 1. The lowest BCUT2D eigenvalue weighted by molar-refractivity contribution is -0.302. The number of hydrogen-bond acceptors (Lipinski definition) is 3. The van der Waals surface area contributed by atoms with Gasteiger partial charge in [-0.15, -0.1) is 0 Å². The average Bonchev–Trinajstić information content (AvgIpc) is 2.01. The van der Waals surface area contributed by atoms with E-state index in [9.17, 15) is 9.90 Å². The monoisotopic (exact) mass is 228 g/mol. The standard InChI is InChI=1S/C8H8BrNO2/c9-6-2-1-3-7(4-6)10-5-8(11)12/h1-4,10H,5H2,(H,11,12)/p-1. The van der Waals surface area contributed by atoms with Crippen LogP contribution in [-0.4, -0.2) is 12.5 Å². The van der Waals surface area contributed by atoms with E-state index in [0.717, 1.165) is 10.2 Å². The van der Waals surface area contributed by atoms with Gasteiger partial charge in [0.1, 0.15) is 0 Å². The van der Waals surface area contributed by atoms with Gasteiger partial charge in [0.05, 0.1) is 12.5 Å². The van der Waals surface area contributed by atoms with E-state index in [2.05, 4.69) is 21.2 Å². The summed E-state index contributed by atoms with van der Waals surface area (Å²) < 4.78 is 0.908. The number of anilines is 1. The molecular weight excluding hydrogens is 222 g/mol. The lowest BCUT2D eigenvalue weighted by Crippen LogP contribution is -2.30. The molecule has 1 aromatic rings. The third-order valence-electron chi connectivity index (χ3n) is 1.26. The molecule has 1 rings (SSSR count). The van der Waals surface area contributed by atoms with Crippen molar-refractivity contribution in [3.05, 3.63) is 28.7 Å². The minimum atomic E-state index is -1.12. The molecule has 0 saturated carbocycles. The average molecular weight is 229 g/mol. The number of carboxylic acid groups (broad SMARTS) is 1. The molecule has 1 aromatic carbocycles. The fourth-order valence-corrected chi connectivity index (χ4v) is 1.17. The van der Waals surface area contributed by atoms with Crippen molar-refractivity contribution >= 4 is 27.6 Å². The van der Waals surface area contributed by atoms with E-state index in [1.165, 1.54) is 0 Å². The van der Waals surface area contributed by atoms with Crippen LogP contribution in [0.5, 0.6) is 0 Å². The van der Waals surface area contributed by atoms with Crippen molar-refractivity contribution in [1.29, 1.82) is 0 Å². The third kappa shape index (κ3) is 2.92.